The molecule has 0 saturated heterocycles. The first-order chi connectivity index (χ1) is 13.3. The second kappa shape index (κ2) is 8.49. The van der Waals surface area contributed by atoms with Gasteiger partial charge in [-0.2, -0.15) is 0 Å². The van der Waals surface area contributed by atoms with Gasteiger partial charge >= 0.3 is 0 Å². The van der Waals surface area contributed by atoms with E-state index in [4.69, 9.17) is 4.74 Å². The van der Waals surface area contributed by atoms with Gasteiger partial charge in [-0.15, -0.1) is 0 Å². The number of hydrogen-bond acceptors (Lipinski definition) is 4. The molecule has 1 heterocycles. The van der Waals surface area contributed by atoms with Crippen molar-refractivity contribution in [1.82, 2.24) is 14.9 Å². The van der Waals surface area contributed by atoms with Gasteiger partial charge in [0, 0.05) is 25.0 Å². The minimum atomic E-state index is 0.630. The highest BCUT2D eigenvalue weighted by atomic mass is 16.5. The number of nitrogens with zero attached hydrogens (tertiary/aromatic N) is 3. The third-order valence-electron chi connectivity index (χ3n) is 5.37. The van der Waals surface area contributed by atoms with E-state index in [1.165, 1.54) is 30.4 Å². The summed E-state index contributed by atoms with van der Waals surface area (Å²) < 4.78 is 6.04. The Kier molecular flexibility index (Phi) is 5.64. The lowest BCUT2D eigenvalue weighted by molar-refractivity contribution is 0.182. The van der Waals surface area contributed by atoms with Crippen molar-refractivity contribution in [3.8, 4) is 5.75 Å². The quantitative estimate of drug-likeness (QED) is 0.561. The average molecular weight is 361 g/mol. The molecule has 2 aromatic carbocycles. The number of para-hydroxylation sites is 1. The van der Waals surface area contributed by atoms with Crippen LogP contribution in [0.4, 0.5) is 0 Å². The topological polar surface area (TPSA) is 38.2 Å². The van der Waals surface area contributed by atoms with Gasteiger partial charge in [0.2, 0.25) is 0 Å². The monoisotopic (exact) mass is 361 g/mol. The maximum Gasteiger partial charge on any atom is 0.147 e. The molecule has 0 unspecified atom stereocenters. The van der Waals surface area contributed by atoms with E-state index in [1.54, 1.807) is 12.4 Å². The van der Waals surface area contributed by atoms with Gasteiger partial charge in [-0.05, 0) is 55.5 Å². The van der Waals surface area contributed by atoms with Crippen molar-refractivity contribution in [2.45, 2.75) is 38.6 Å². The summed E-state index contributed by atoms with van der Waals surface area (Å²) in [5.41, 5.74) is 4.77. The fourth-order valence-corrected chi connectivity index (χ4v) is 4.09. The molecule has 0 N–H and O–H groups in total. The van der Waals surface area contributed by atoms with E-state index in [1.807, 2.05) is 18.2 Å². The highest BCUT2D eigenvalue weighted by Gasteiger charge is 2.25. The molecule has 4 nitrogen and oxygen atoms in total. The zero-order valence-electron chi connectivity index (χ0n) is 16.0. The predicted molar refractivity (Wildman–Crippen MR) is 109 cm³/mol. The minimum absolute atomic E-state index is 0.630. The summed E-state index contributed by atoms with van der Waals surface area (Å²) in [6, 6.07) is 15.4. The lowest BCUT2D eigenvalue weighted by atomic mass is 10.1. The smallest absolute Gasteiger partial charge is 0.147 e. The Balaban J connectivity index is 1.33. The van der Waals surface area contributed by atoms with Crippen LogP contribution in [0.1, 0.15) is 30.9 Å². The van der Waals surface area contributed by atoms with Gasteiger partial charge in [0.15, 0.2) is 0 Å². The van der Waals surface area contributed by atoms with Crippen molar-refractivity contribution in [2.24, 2.45) is 0 Å². The Bertz CT molecular complexity index is 865. The number of benzene rings is 2. The van der Waals surface area contributed by atoms with Gasteiger partial charge < -0.3 is 4.74 Å². The molecular formula is C23H27N3O. The van der Waals surface area contributed by atoms with Crippen LogP contribution in [0.25, 0.3) is 11.0 Å². The van der Waals surface area contributed by atoms with Crippen molar-refractivity contribution in [3.05, 3.63) is 66.0 Å². The Morgan fingerprint density at radius 2 is 1.74 bits per heavy atom. The van der Waals surface area contributed by atoms with Crippen molar-refractivity contribution in [3.63, 3.8) is 0 Å². The molecule has 0 radical (unpaired) electrons. The second-order valence-corrected chi connectivity index (χ2v) is 7.25. The molecule has 0 fully saturated rings. The first-order valence-electron chi connectivity index (χ1n) is 9.98. The van der Waals surface area contributed by atoms with Gasteiger partial charge in [-0.1, -0.05) is 37.3 Å². The standard InChI is InChI=1S/C23H27N3O/c1-2-13-26(20-16-18-7-3-4-8-19(18)17-20)14-6-15-27-22-10-5-9-21-23(22)25-12-11-24-21/h3-5,7-12,20H,2,6,13-17H2,1H3. The molecule has 4 rings (SSSR count). The van der Waals surface area contributed by atoms with Gasteiger partial charge in [-0.25, -0.2) is 4.98 Å². The molecule has 1 aliphatic carbocycles. The van der Waals surface area contributed by atoms with Gasteiger partial charge in [0.05, 0.1) is 12.1 Å². The number of aromatic nitrogens is 2. The molecule has 0 saturated carbocycles. The lowest BCUT2D eigenvalue weighted by Crippen LogP contribution is -2.37. The van der Waals surface area contributed by atoms with Crippen LogP contribution >= 0.6 is 0 Å². The van der Waals surface area contributed by atoms with Crippen molar-refractivity contribution < 1.29 is 4.74 Å². The maximum absolute atomic E-state index is 6.04. The van der Waals surface area contributed by atoms with E-state index in [0.29, 0.717) is 12.6 Å². The summed E-state index contributed by atoms with van der Waals surface area (Å²) in [5.74, 6) is 0.830. The first-order valence-corrected chi connectivity index (χ1v) is 9.98. The SMILES string of the molecule is CCCN(CCCOc1cccc2nccnc12)C1Cc2ccccc2C1. The lowest BCUT2D eigenvalue weighted by Gasteiger charge is -2.28. The molecule has 1 aromatic heterocycles. The maximum atomic E-state index is 6.04. The summed E-state index contributed by atoms with van der Waals surface area (Å²) >= 11 is 0. The van der Waals surface area contributed by atoms with Crippen LogP contribution in [0.5, 0.6) is 5.75 Å². The fraction of sp³-hybridized carbons (Fsp3) is 0.391. The molecule has 0 bridgehead atoms. The Morgan fingerprint density at radius 3 is 2.52 bits per heavy atom. The van der Waals surface area contributed by atoms with E-state index in [9.17, 15) is 0 Å². The summed E-state index contributed by atoms with van der Waals surface area (Å²) in [6.45, 7) is 5.19. The van der Waals surface area contributed by atoms with Crippen molar-refractivity contribution >= 4 is 11.0 Å². The molecule has 0 spiro atoms. The Hall–Kier alpha value is -2.46. The number of hydrogen-bond donors (Lipinski definition) is 0. The van der Waals surface area contributed by atoms with Crippen LogP contribution < -0.4 is 4.74 Å². The summed E-state index contributed by atoms with van der Waals surface area (Å²) in [5, 5.41) is 0. The Morgan fingerprint density at radius 1 is 0.963 bits per heavy atom. The molecule has 1 aliphatic rings. The number of ether oxygens (including phenoxy) is 1. The highest BCUT2D eigenvalue weighted by molar-refractivity contribution is 5.80. The average Bonchev–Trinajstić information content (AvgIpc) is 3.14. The predicted octanol–water partition coefficient (Wildman–Crippen LogP) is 4.28. The molecule has 0 amide bonds. The molecule has 4 heteroatoms. The highest BCUT2D eigenvalue weighted by Crippen LogP contribution is 2.26. The third kappa shape index (κ3) is 4.11. The Labute approximate surface area is 161 Å². The van der Waals surface area contributed by atoms with Crippen LogP contribution in [-0.4, -0.2) is 40.6 Å². The van der Waals surface area contributed by atoms with Crippen LogP contribution in [0.15, 0.2) is 54.9 Å². The molecule has 140 valence electrons. The number of rotatable bonds is 8. The summed E-state index contributed by atoms with van der Waals surface area (Å²) in [7, 11) is 0. The van der Waals surface area contributed by atoms with Crippen LogP contribution in [0, 0.1) is 0 Å². The van der Waals surface area contributed by atoms with Gasteiger partial charge in [0.1, 0.15) is 11.3 Å². The third-order valence-corrected chi connectivity index (χ3v) is 5.37. The van der Waals surface area contributed by atoms with E-state index < -0.39 is 0 Å². The second-order valence-electron chi connectivity index (χ2n) is 7.25. The van der Waals surface area contributed by atoms with Gasteiger partial charge in [-0.3, -0.25) is 9.88 Å². The zero-order chi connectivity index (χ0) is 18.5. The summed E-state index contributed by atoms with van der Waals surface area (Å²) in [4.78, 5) is 11.4. The van der Waals surface area contributed by atoms with Crippen LogP contribution in [0.3, 0.4) is 0 Å². The normalized spacial score (nSPS) is 14.0. The van der Waals surface area contributed by atoms with E-state index in [0.717, 1.165) is 36.3 Å². The molecule has 3 aromatic rings. The largest absolute Gasteiger partial charge is 0.491 e. The van der Waals surface area contributed by atoms with E-state index in [2.05, 4.69) is 46.1 Å². The number of fused-ring (bicyclic) bond motifs is 2. The van der Waals surface area contributed by atoms with Crippen molar-refractivity contribution in [2.75, 3.05) is 19.7 Å². The van der Waals surface area contributed by atoms with Crippen LogP contribution in [0.2, 0.25) is 0 Å². The van der Waals surface area contributed by atoms with Gasteiger partial charge in [0.25, 0.3) is 0 Å². The molecule has 0 aliphatic heterocycles. The van der Waals surface area contributed by atoms with E-state index in [-0.39, 0.29) is 0 Å². The summed E-state index contributed by atoms with van der Waals surface area (Å²) in [6.07, 6.45) is 7.99. The molecular weight excluding hydrogens is 334 g/mol. The minimum Gasteiger partial charge on any atom is -0.491 e. The van der Waals surface area contributed by atoms with Crippen molar-refractivity contribution in [1.29, 1.82) is 0 Å². The molecule has 0 atom stereocenters. The molecule has 27 heavy (non-hydrogen) atoms. The fourth-order valence-electron chi connectivity index (χ4n) is 4.09. The first kappa shape index (κ1) is 17.9. The zero-order valence-corrected chi connectivity index (χ0v) is 16.0. The van der Waals surface area contributed by atoms with Crippen LogP contribution in [-0.2, 0) is 12.8 Å². The van der Waals surface area contributed by atoms with E-state index >= 15 is 0 Å².